The number of ether oxygens (including phenoxy) is 2. The van der Waals surface area contributed by atoms with E-state index in [1.54, 1.807) is 32.4 Å². The lowest BCUT2D eigenvalue weighted by Crippen LogP contribution is -2.35. The van der Waals surface area contributed by atoms with E-state index in [2.05, 4.69) is 22.7 Å². The van der Waals surface area contributed by atoms with Gasteiger partial charge in [-0.2, -0.15) is 5.10 Å². The van der Waals surface area contributed by atoms with Crippen LogP contribution in [-0.4, -0.2) is 25.8 Å². The Morgan fingerprint density at radius 3 is 2.81 bits per heavy atom. The van der Waals surface area contributed by atoms with Gasteiger partial charge in [-0.3, -0.25) is 4.79 Å². The van der Waals surface area contributed by atoms with Gasteiger partial charge in [0.25, 0.3) is 5.91 Å². The van der Waals surface area contributed by atoms with Crippen LogP contribution < -0.4 is 14.9 Å². The van der Waals surface area contributed by atoms with Gasteiger partial charge in [-0.25, -0.2) is 5.43 Å². The molecule has 1 fully saturated rings. The highest BCUT2D eigenvalue weighted by Gasteiger charge is 2.38. The van der Waals surface area contributed by atoms with Gasteiger partial charge in [0, 0.05) is 17.2 Å². The number of fused-ring (bicyclic) bond motifs is 1. The number of methoxy groups -OCH3 is 2. The van der Waals surface area contributed by atoms with Gasteiger partial charge < -0.3 is 9.47 Å². The van der Waals surface area contributed by atoms with E-state index in [4.69, 9.17) is 9.47 Å². The van der Waals surface area contributed by atoms with Crippen molar-refractivity contribution in [3.63, 3.8) is 0 Å². The van der Waals surface area contributed by atoms with Crippen molar-refractivity contribution in [2.75, 3.05) is 14.2 Å². The number of amides is 1. The van der Waals surface area contributed by atoms with E-state index in [-0.39, 0.29) is 5.91 Å². The lowest BCUT2D eigenvalue weighted by Gasteiger charge is -2.31. The van der Waals surface area contributed by atoms with Crippen LogP contribution in [0.15, 0.2) is 35.5 Å². The highest BCUT2D eigenvalue weighted by atomic mass is 16.5. The molecule has 2 atom stereocenters. The predicted octanol–water partition coefficient (Wildman–Crippen LogP) is 2.39. The summed E-state index contributed by atoms with van der Waals surface area (Å²) >= 11 is 0. The van der Waals surface area contributed by atoms with E-state index in [0.29, 0.717) is 28.9 Å². The summed E-state index contributed by atoms with van der Waals surface area (Å²) in [6.07, 6.45) is 6.41. The summed E-state index contributed by atoms with van der Waals surface area (Å²) < 4.78 is 10.3. The van der Waals surface area contributed by atoms with Crippen molar-refractivity contribution >= 4 is 11.6 Å². The van der Waals surface area contributed by atoms with E-state index in [1.807, 2.05) is 0 Å². The molecule has 0 aliphatic heterocycles. The third-order valence-electron chi connectivity index (χ3n) is 4.11. The number of hydrogen-bond donors (Lipinski definition) is 1. The van der Waals surface area contributed by atoms with Crippen LogP contribution in [0.4, 0.5) is 0 Å². The average molecular weight is 286 g/mol. The van der Waals surface area contributed by atoms with E-state index < -0.39 is 0 Å². The zero-order valence-electron chi connectivity index (χ0n) is 12.1. The summed E-state index contributed by atoms with van der Waals surface area (Å²) in [4.78, 5) is 12.1. The Bertz CT molecular complexity index is 622. The third-order valence-corrected chi connectivity index (χ3v) is 4.11. The summed E-state index contributed by atoms with van der Waals surface area (Å²) in [6.45, 7) is 0. The lowest BCUT2D eigenvalue weighted by atomic mass is 9.74. The first-order valence-corrected chi connectivity index (χ1v) is 6.98. The van der Waals surface area contributed by atoms with E-state index in [9.17, 15) is 4.79 Å². The molecular weight excluding hydrogens is 268 g/mol. The molecule has 0 saturated heterocycles. The number of hydrogen-bond acceptors (Lipinski definition) is 4. The number of nitrogens with zero attached hydrogens (tertiary/aromatic N) is 1. The summed E-state index contributed by atoms with van der Waals surface area (Å²) in [5, 5.41) is 4.25. The molecule has 0 heterocycles. The normalized spacial score (nSPS) is 24.4. The Kier molecular flexibility index (Phi) is 3.64. The second kappa shape index (κ2) is 5.60. The van der Waals surface area contributed by atoms with Crippen LogP contribution in [0.3, 0.4) is 0 Å². The molecular formula is C16H18N2O3. The molecule has 1 saturated carbocycles. The number of nitrogens with one attached hydrogen (secondary N) is 1. The van der Waals surface area contributed by atoms with Gasteiger partial charge >= 0.3 is 0 Å². The monoisotopic (exact) mass is 286 g/mol. The third kappa shape index (κ3) is 2.51. The molecule has 3 rings (SSSR count). The molecule has 0 aromatic heterocycles. The molecule has 21 heavy (non-hydrogen) atoms. The first kappa shape index (κ1) is 13.7. The molecule has 1 aromatic carbocycles. The molecule has 1 N–H and O–H groups in total. The van der Waals surface area contributed by atoms with E-state index in [0.717, 1.165) is 18.6 Å². The summed E-state index contributed by atoms with van der Waals surface area (Å²) in [5.41, 5.74) is 4.21. The molecule has 0 spiro atoms. The Labute approximate surface area is 123 Å². The smallest absolute Gasteiger partial charge is 0.271 e. The van der Waals surface area contributed by atoms with Crippen LogP contribution in [0, 0.1) is 11.8 Å². The van der Waals surface area contributed by atoms with E-state index >= 15 is 0 Å². The van der Waals surface area contributed by atoms with Crippen LogP contribution in [-0.2, 0) is 0 Å². The average Bonchev–Trinajstić information content (AvgIpc) is 2.87. The molecule has 0 radical (unpaired) electrons. The van der Waals surface area contributed by atoms with Gasteiger partial charge in [0.15, 0.2) is 11.5 Å². The topological polar surface area (TPSA) is 59.9 Å². The molecule has 1 amide bonds. The lowest BCUT2D eigenvalue weighted by molar-refractivity contribution is 0.0953. The minimum atomic E-state index is -0.238. The largest absolute Gasteiger partial charge is 0.493 e. The zero-order chi connectivity index (χ0) is 14.8. The number of hydrazone groups is 1. The number of rotatable bonds is 4. The minimum Gasteiger partial charge on any atom is -0.493 e. The summed E-state index contributed by atoms with van der Waals surface area (Å²) in [7, 11) is 3.10. The van der Waals surface area contributed by atoms with Gasteiger partial charge in [-0.15, -0.1) is 0 Å². The predicted molar refractivity (Wildman–Crippen MR) is 79.8 cm³/mol. The highest BCUT2D eigenvalue weighted by Crippen LogP contribution is 2.40. The second-order valence-corrected chi connectivity index (χ2v) is 5.25. The van der Waals surface area contributed by atoms with Crippen LogP contribution in [0.5, 0.6) is 11.5 Å². The van der Waals surface area contributed by atoms with Gasteiger partial charge in [-0.1, -0.05) is 12.2 Å². The Balaban J connectivity index is 1.67. The van der Waals surface area contributed by atoms with Crippen LogP contribution >= 0.6 is 0 Å². The van der Waals surface area contributed by atoms with Crippen molar-refractivity contribution in [1.29, 1.82) is 0 Å². The minimum absolute atomic E-state index is 0.238. The van der Waals surface area contributed by atoms with Crippen molar-refractivity contribution in [3.8, 4) is 11.5 Å². The van der Waals surface area contributed by atoms with Crippen molar-refractivity contribution in [1.82, 2.24) is 5.43 Å². The molecule has 2 aliphatic carbocycles. The Morgan fingerprint density at radius 2 is 2.10 bits per heavy atom. The fourth-order valence-corrected chi connectivity index (χ4v) is 2.83. The number of allylic oxidation sites excluding steroid dienone is 2. The SMILES string of the molecule is COc1ccc(C(=O)N/N=C2\C[C@@H]3C=CC[C@H]23)cc1OC. The van der Waals surface area contributed by atoms with Crippen LogP contribution in [0.25, 0.3) is 0 Å². The molecule has 0 unspecified atom stereocenters. The van der Waals surface area contributed by atoms with Crippen molar-refractivity contribution in [2.45, 2.75) is 12.8 Å². The van der Waals surface area contributed by atoms with Crippen LogP contribution in [0.1, 0.15) is 23.2 Å². The van der Waals surface area contributed by atoms with Gasteiger partial charge in [0.1, 0.15) is 0 Å². The van der Waals surface area contributed by atoms with Crippen molar-refractivity contribution < 1.29 is 14.3 Å². The number of carbonyl (C=O) groups excluding carboxylic acids is 1. The summed E-state index contributed by atoms with van der Waals surface area (Å²) in [5.74, 6) is 2.01. The fourth-order valence-electron chi connectivity index (χ4n) is 2.83. The maximum absolute atomic E-state index is 12.1. The summed E-state index contributed by atoms with van der Waals surface area (Å²) in [6, 6.07) is 5.05. The number of carbonyl (C=O) groups is 1. The second-order valence-electron chi connectivity index (χ2n) is 5.25. The maximum Gasteiger partial charge on any atom is 0.271 e. The Morgan fingerprint density at radius 1 is 1.29 bits per heavy atom. The van der Waals surface area contributed by atoms with Gasteiger partial charge in [-0.05, 0) is 37.0 Å². The van der Waals surface area contributed by atoms with E-state index in [1.165, 1.54) is 0 Å². The van der Waals surface area contributed by atoms with Crippen LogP contribution in [0.2, 0.25) is 0 Å². The zero-order valence-corrected chi connectivity index (χ0v) is 12.1. The first-order valence-electron chi connectivity index (χ1n) is 6.98. The van der Waals surface area contributed by atoms with Crippen molar-refractivity contribution in [2.24, 2.45) is 16.9 Å². The molecule has 0 bridgehead atoms. The highest BCUT2D eigenvalue weighted by molar-refractivity contribution is 5.98. The standard InChI is InChI=1S/C16H18N2O3/c1-20-14-7-6-11(9-15(14)21-2)16(19)18-17-13-8-10-4-3-5-12(10)13/h3-4,6-7,9-10,12H,5,8H2,1-2H3,(H,18,19)/b17-13+/t10-,12-/m0/s1. The molecule has 5 nitrogen and oxygen atoms in total. The first-order chi connectivity index (χ1) is 10.2. The molecule has 2 aliphatic rings. The van der Waals surface area contributed by atoms with Crippen molar-refractivity contribution in [3.05, 3.63) is 35.9 Å². The molecule has 5 heteroatoms. The quantitative estimate of drug-likeness (QED) is 0.683. The fraction of sp³-hybridized carbons (Fsp3) is 0.375. The number of benzene rings is 1. The Hall–Kier alpha value is -2.30. The van der Waals surface area contributed by atoms with Gasteiger partial charge in [0.2, 0.25) is 0 Å². The maximum atomic E-state index is 12.1. The molecule has 1 aromatic rings. The van der Waals surface area contributed by atoms with Gasteiger partial charge in [0.05, 0.1) is 14.2 Å². The molecule has 110 valence electrons.